The fourth-order valence-corrected chi connectivity index (χ4v) is 3.34. The Labute approximate surface area is 126 Å². The molecule has 0 aromatic heterocycles. The lowest BCUT2D eigenvalue weighted by Crippen LogP contribution is -2.38. The highest BCUT2D eigenvalue weighted by atomic mass is 16.5. The SMILES string of the molecule is CNC1CCC(OC2CCc3ccccc3NC2=O)CC1. The molecule has 1 amide bonds. The molecule has 0 radical (unpaired) electrons. The van der Waals surface area contributed by atoms with E-state index in [4.69, 9.17) is 4.74 Å². The first-order valence-corrected chi connectivity index (χ1v) is 7.98. The lowest BCUT2D eigenvalue weighted by molar-refractivity contribution is -0.133. The van der Waals surface area contributed by atoms with Gasteiger partial charge in [-0.2, -0.15) is 0 Å². The molecule has 4 nitrogen and oxygen atoms in total. The zero-order valence-corrected chi connectivity index (χ0v) is 12.6. The number of ether oxygens (including phenoxy) is 1. The van der Waals surface area contributed by atoms with E-state index in [0.717, 1.165) is 44.2 Å². The molecule has 0 spiro atoms. The Balaban J connectivity index is 1.59. The summed E-state index contributed by atoms with van der Waals surface area (Å²) < 4.78 is 6.11. The molecular formula is C17H24N2O2. The van der Waals surface area contributed by atoms with Gasteiger partial charge in [0.2, 0.25) is 0 Å². The first-order valence-electron chi connectivity index (χ1n) is 7.98. The fourth-order valence-electron chi connectivity index (χ4n) is 3.34. The molecule has 1 aliphatic heterocycles. The van der Waals surface area contributed by atoms with Crippen molar-refractivity contribution in [1.29, 1.82) is 0 Å². The normalized spacial score (nSPS) is 29.4. The van der Waals surface area contributed by atoms with Crippen molar-refractivity contribution in [3.8, 4) is 0 Å². The second kappa shape index (κ2) is 6.58. The number of fused-ring (bicyclic) bond motifs is 1. The highest BCUT2D eigenvalue weighted by Gasteiger charge is 2.29. The summed E-state index contributed by atoms with van der Waals surface area (Å²) in [7, 11) is 2.02. The maximum atomic E-state index is 12.3. The summed E-state index contributed by atoms with van der Waals surface area (Å²) in [5.74, 6) is 0.00990. The Kier molecular flexibility index (Phi) is 4.56. The summed E-state index contributed by atoms with van der Waals surface area (Å²) in [6.45, 7) is 0. The Morgan fingerprint density at radius 3 is 2.67 bits per heavy atom. The van der Waals surface area contributed by atoms with Gasteiger partial charge in [-0.3, -0.25) is 4.79 Å². The molecule has 1 unspecified atom stereocenters. The smallest absolute Gasteiger partial charge is 0.253 e. The average molecular weight is 288 g/mol. The zero-order valence-electron chi connectivity index (χ0n) is 12.6. The predicted octanol–water partition coefficient (Wildman–Crippen LogP) is 2.49. The number of hydrogen-bond donors (Lipinski definition) is 2. The topological polar surface area (TPSA) is 50.4 Å². The first kappa shape index (κ1) is 14.5. The van der Waals surface area contributed by atoms with Gasteiger partial charge >= 0.3 is 0 Å². The highest BCUT2D eigenvalue weighted by molar-refractivity contribution is 5.95. The average Bonchev–Trinajstić information content (AvgIpc) is 2.67. The lowest BCUT2D eigenvalue weighted by atomic mass is 9.93. The van der Waals surface area contributed by atoms with Crippen LogP contribution in [0.25, 0.3) is 0 Å². The van der Waals surface area contributed by atoms with E-state index in [1.54, 1.807) is 0 Å². The van der Waals surface area contributed by atoms with Gasteiger partial charge in [-0.05, 0) is 57.2 Å². The van der Waals surface area contributed by atoms with E-state index >= 15 is 0 Å². The third kappa shape index (κ3) is 3.44. The van der Waals surface area contributed by atoms with Crippen molar-refractivity contribution in [2.75, 3.05) is 12.4 Å². The maximum absolute atomic E-state index is 12.3. The number of rotatable bonds is 3. The van der Waals surface area contributed by atoms with Gasteiger partial charge in [0.1, 0.15) is 6.10 Å². The highest BCUT2D eigenvalue weighted by Crippen LogP contribution is 2.27. The van der Waals surface area contributed by atoms with Crippen LogP contribution in [0.3, 0.4) is 0 Å². The van der Waals surface area contributed by atoms with Crippen LogP contribution in [0.15, 0.2) is 24.3 Å². The summed E-state index contributed by atoms with van der Waals surface area (Å²) in [5.41, 5.74) is 2.14. The monoisotopic (exact) mass is 288 g/mol. The van der Waals surface area contributed by atoms with Crippen molar-refractivity contribution in [2.24, 2.45) is 0 Å². The van der Waals surface area contributed by atoms with Crippen molar-refractivity contribution in [2.45, 2.75) is 56.8 Å². The molecule has 2 aliphatic rings. The minimum Gasteiger partial charge on any atom is -0.365 e. The van der Waals surface area contributed by atoms with Gasteiger partial charge in [0.05, 0.1) is 6.10 Å². The summed E-state index contributed by atoms with van der Waals surface area (Å²) in [6, 6.07) is 8.63. The van der Waals surface area contributed by atoms with Gasteiger partial charge in [-0.25, -0.2) is 0 Å². The van der Waals surface area contributed by atoms with Crippen molar-refractivity contribution in [1.82, 2.24) is 5.32 Å². The second-order valence-corrected chi connectivity index (χ2v) is 6.07. The number of amides is 1. The van der Waals surface area contributed by atoms with Crippen LogP contribution in [0.2, 0.25) is 0 Å². The molecule has 21 heavy (non-hydrogen) atoms. The number of anilines is 1. The molecule has 1 saturated carbocycles. The quantitative estimate of drug-likeness (QED) is 0.898. The lowest BCUT2D eigenvalue weighted by Gasteiger charge is -2.30. The number of benzene rings is 1. The molecule has 3 rings (SSSR count). The van der Waals surface area contributed by atoms with Crippen molar-refractivity contribution >= 4 is 11.6 Å². The molecule has 0 bridgehead atoms. The van der Waals surface area contributed by atoms with Crippen molar-refractivity contribution < 1.29 is 9.53 Å². The Morgan fingerprint density at radius 2 is 1.90 bits per heavy atom. The van der Waals surface area contributed by atoms with Crippen LogP contribution >= 0.6 is 0 Å². The number of hydrogen-bond acceptors (Lipinski definition) is 3. The fraction of sp³-hybridized carbons (Fsp3) is 0.588. The van der Waals surface area contributed by atoms with Crippen molar-refractivity contribution in [3.63, 3.8) is 0 Å². The molecule has 2 N–H and O–H groups in total. The van der Waals surface area contributed by atoms with E-state index in [0.29, 0.717) is 6.04 Å². The number of aryl methyl sites for hydroxylation is 1. The molecule has 1 aromatic rings. The van der Waals surface area contributed by atoms with Crippen LogP contribution in [-0.2, 0) is 16.0 Å². The van der Waals surface area contributed by atoms with Gasteiger partial charge in [0.25, 0.3) is 5.91 Å². The van der Waals surface area contributed by atoms with Gasteiger partial charge in [0, 0.05) is 11.7 Å². The molecule has 4 heteroatoms. The molecule has 1 atom stereocenters. The van der Waals surface area contributed by atoms with Crippen LogP contribution in [0.4, 0.5) is 5.69 Å². The number of carbonyl (C=O) groups excluding carboxylic acids is 1. The van der Waals surface area contributed by atoms with Crippen LogP contribution in [0, 0.1) is 0 Å². The standard InChI is InChI=1S/C17H24N2O2/c1-18-13-7-9-14(10-8-13)21-16-11-6-12-4-2-3-5-15(12)19-17(16)20/h2-5,13-14,16,18H,6-11H2,1H3,(H,19,20). The van der Waals surface area contributed by atoms with E-state index in [1.165, 1.54) is 5.56 Å². The number of carbonyl (C=O) groups is 1. The van der Waals surface area contributed by atoms with E-state index in [-0.39, 0.29) is 18.1 Å². The largest absolute Gasteiger partial charge is 0.365 e. The Hall–Kier alpha value is -1.39. The zero-order chi connectivity index (χ0) is 14.7. The molecule has 1 heterocycles. The third-order valence-electron chi connectivity index (χ3n) is 4.68. The first-order chi connectivity index (χ1) is 10.3. The predicted molar refractivity (Wildman–Crippen MR) is 83.4 cm³/mol. The van der Waals surface area contributed by atoms with Crippen molar-refractivity contribution in [3.05, 3.63) is 29.8 Å². The van der Waals surface area contributed by atoms with Crippen LogP contribution in [0.1, 0.15) is 37.7 Å². The summed E-state index contributed by atoms with van der Waals surface area (Å²) in [5, 5.41) is 6.33. The van der Waals surface area contributed by atoms with Gasteiger partial charge in [0.15, 0.2) is 0 Å². The maximum Gasteiger partial charge on any atom is 0.253 e. The summed E-state index contributed by atoms with van der Waals surface area (Å²) in [6.07, 6.45) is 5.94. The summed E-state index contributed by atoms with van der Waals surface area (Å²) in [4.78, 5) is 12.3. The molecule has 1 aromatic carbocycles. The second-order valence-electron chi connectivity index (χ2n) is 6.07. The van der Waals surface area contributed by atoms with E-state index in [2.05, 4.69) is 16.7 Å². The molecule has 1 fully saturated rings. The van der Waals surface area contributed by atoms with E-state index in [1.807, 2.05) is 25.2 Å². The molecule has 0 saturated heterocycles. The van der Waals surface area contributed by atoms with Crippen LogP contribution in [-0.4, -0.2) is 31.2 Å². The third-order valence-corrected chi connectivity index (χ3v) is 4.68. The Morgan fingerprint density at radius 1 is 1.14 bits per heavy atom. The molecule has 1 aliphatic carbocycles. The van der Waals surface area contributed by atoms with Crippen LogP contribution in [0.5, 0.6) is 0 Å². The van der Waals surface area contributed by atoms with E-state index < -0.39 is 0 Å². The molecule has 114 valence electrons. The molecular weight excluding hydrogens is 264 g/mol. The number of para-hydroxylation sites is 1. The Bertz CT molecular complexity index is 495. The van der Waals surface area contributed by atoms with Gasteiger partial charge < -0.3 is 15.4 Å². The van der Waals surface area contributed by atoms with Crippen LogP contribution < -0.4 is 10.6 Å². The van der Waals surface area contributed by atoms with Gasteiger partial charge in [-0.15, -0.1) is 0 Å². The minimum atomic E-state index is -0.312. The minimum absolute atomic E-state index is 0.00990. The number of nitrogens with one attached hydrogen (secondary N) is 2. The van der Waals surface area contributed by atoms with E-state index in [9.17, 15) is 4.79 Å². The summed E-state index contributed by atoms with van der Waals surface area (Å²) >= 11 is 0. The van der Waals surface area contributed by atoms with Gasteiger partial charge in [-0.1, -0.05) is 18.2 Å².